The summed E-state index contributed by atoms with van der Waals surface area (Å²) in [7, 11) is 0. The van der Waals surface area contributed by atoms with E-state index in [9.17, 15) is 14.9 Å². The van der Waals surface area contributed by atoms with E-state index in [1.54, 1.807) is 24.3 Å². The molecule has 2 aromatic rings. The van der Waals surface area contributed by atoms with E-state index in [0.717, 1.165) is 10.6 Å². The Bertz CT molecular complexity index is 930. The fourth-order valence-corrected chi connectivity index (χ4v) is 2.55. The Hall–Kier alpha value is -3.59. The smallest absolute Gasteiger partial charge is 0.277 e. The number of rotatable bonds is 4. The quantitative estimate of drug-likeness (QED) is 0.478. The fraction of sp³-hybridized carbons (Fsp3) is 0.227. The van der Waals surface area contributed by atoms with E-state index in [2.05, 4.69) is 26.1 Å². The van der Waals surface area contributed by atoms with Gasteiger partial charge in [-0.15, -0.1) is 0 Å². The molecule has 0 radical (unpaired) electrons. The molecule has 3 N–H and O–H groups in total. The number of carbonyl (C=O) groups excluding carboxylic acids is 2. The van der Waals surface area contributed by atoms with Crippen molar-refractivity contribution in [2.45, 2.75) is 33.1 Å². The van der Waals surface area contributed by atoms with E-state index in [1.165, 1.54) is 18.7 Å². The maximum absolute atomic E-state index is 12.8. The van der Waals surface area contributed by atoms with Crippen LogP contribution in [-0.4, -0.2) is 11.8 Å². The van der Waals surface area contributed by atoms with Crippen molar-refractivity contribution in [1.29, 1.82) is 5.26 Å². The van der Waals surface area contributed by atoms with Gasteiger partial charge in [-0.05, 0) is 47.4 Å². The van der Waals surface area contributed by atoms with E-state index in [4.69, 9.17) is 5.73 Å². The van der Waals surface area contributed by atoms with Crippen LogP contribution in [0.15, 0.2) is 60.3 Å². The van der Waals surface area contributed by atoms with E-state index in [0.29, 0.717) is 11.4 Å². The first-order chi connectivity index (χ1) is 13.1. The number of nitriles is 1. The van der Waals surface area contributed by atoms with Crippen molar-refractivity contribution < 1.29 is 9.59 Å². The van der Waals surface area contributed by atoms with Crippen molar-refractivity contribution in [3.8, 4) is 6.07 Å². The Morgan fingerprint density at radius 1 is 1.07 bits per heavy atom. The summed E-state index contributed by atoms with van der Waals surface area (Å²) in [4.78, 5) is 25.7. The number of anilines is 3. The third-order valence-corrected chi connectivity index (χ3v) is 4.15. The lowest BCUT2D eigenvalue weighted by atomic mass is 9.87. The molecule has 0 spiro atoms. The highest BCUT2D eigenvalue weighted by Gasteiger charge is 2.24. The standard InChI is InChI=1S/C22H24N4O2/c1-15(27)26(20-11-7-18(24)8-12-20)21(28)16(13-23)14-25-19-9-5-17(6-10-19)22(2,3)4/h5-12,14,25H,24H2,1-4H3/b16-14-. The minimum absolute atomic E-state index is 0.0310. The molecule has 2 rings (SSSR count). The minimum Gasteiger partial charge on any atom is -0.399 e. The molecule has 6 heteroatoms. The first-order valence-electron chi connectivity index (χ1n) is 8.81. The maximum atomic E-state index is 12.8. The Kier molecular flexibility index (Phi) is 6.22. The molecule has 0 aliphatic heterocycles. The molecule has 28 heavy (non-hydrogen) atoms. The van der Waals surface area contributed by atoms with Gasteiger partial charge in [-0.1, -0.05) is 32.9 Å². The van der Waals surface area contributed by atoms with Crippen LogP contribution >= 0.6 is 0 Å². The van der Waals surface area contributed by atoms with Gasteiger partial charge in [0.15, 0.2) is 0 Å². The van der Waals surface area contributed by atoms with Gasteiger partial charge in [0.2, 0.25) is 5.91 Å². The number of benzene rings is 2. The number of nitrogens with one attached hydrogen (secondary N) is 1. The van der Waals surface area contributed by atoms with Crippen molar-refractivity contribution in [3.05, 3.63) is 65.9 Å². The number of hydrogen-bond acceptors (Lipinski definition) is 5. The van der Waals surface area contributed by atoms with Crippen molar-refractivity contribution in [2.75, 3.05) is 16.0 Å². The Balaban J connectivity index is 2.24. The molecule has 144 valence electrons. The zero-order valence-electron chi connectivity index (χ0n) is 16.5. The summed E-state index contributed by atoms with van der Waals surface area (Å²) in [5.74, 6) is -1.20. The van der Waals surface area contributed by atoms with Crippen LogP contribution in [0.5, 0.6) is 0 Å². The average Bonchev–Trinajstić information content (AvgIpc) is 2.63. The molecule has 0 heterocycles. The number of carbonyl (C=O) groups is 2. The fourth-order valence-electron chi connectivity index (χ4n) is 2.55. The van der Waals surface area contributed by atoms with Gasteiger partial charge in [0.25, 0.3) is 5.91 Å². The Labute approximate surface area is 165 Å². The molecule has 2 aromatic carbocycles. The summed E-state index contributed by atoms with van der Waals surface area (Å²) in [6.07, 6.45) is 1.31. The normalized spacial score (nSPS) is 11.5. The van der Waals surface area contributed by atoms with Gasteiger partial charge in [-0.25, -0.2) is 4.90 Å². The molecule has 0 aliphatic rings. The van der Waals surface area contributed by atoms with Crippen molar-refractivity contribution in [1.82, 2.24) is 0 Å². The van der Waals surface area contributed by atoms with Gasteiger partial charge >= 0.3 is 0 Å². The third kappa shape index (κ3) is 4.98. The van der Waals surface area contributed by atoms with E-state index >= 15 is 0 Å². The predicted molar refractivity (Wildman–Crippen MR) is 111 cm³/mol. The zero-order valence-corrected chi connectivity index (χ0v) is 16.5. The lowest BCUT2D eigenvalue weighted by molar-refractivity contribution is -0.123. The second-order valence-electron chi connectivity index (χ2n) is 7.39. The molecule has 6 nitrogen and oxygen atoms in total. The highest BCUT2D eigenvalue weighted by Crippen LogP contribution is 2.24. The van der Waals surface area contributed by atoms with E-state index in [1.807, 2.05) is 30.3 Å². The van der Waals surface area contributed by atoms with Crippen LogP contribution in [0, 0.1) is 11.3 Å². The lowest BCUT2D eigenvalue weighted by Gasteiger charge is -2.19. The lowest BCUT2D eigenvalue weighted by Crippen LogP contribution is -2.36. The molecule has 0 bridgehead atoms. The molecule has 0 aromatic heterocycles. The number of imide groups is 1. The van der Waals surface area contributed by atoms with Gasteiger partial charge in [0, 0.05) is 24.5 Å². The van der Waals surface area contributed by atoms with Gasteiger partial charge in [0.1, 0.15) is 11.6 Å². The molecule has 0 atom stereocenters. The van der Waals surface area contributed by atoms with Crippen LogP contribution in [0.25, 0.3) is 0 Å². The van der Waals surface area contributed by atoms with Crippen molar-refractivity contribution >= 4 is 28.9 Å². The summed E-state index contributed by atoms with van der Waals surface area (Å²) < 4.78 is 0. The third-order valence-electron chi connectivity index (χ3n) is 4.15. The average molecular weight is 376 g/mol. The van der Waals surface area contributed by atoms with Crippen LogP contribution in [0.1, 0.15) is 33.3 Å². The largest absolute Gasteiger partial charge is 0.399 e. The molecular weight excluding hydrogens is 352 g/mol. The molecule has 0 unspecified atom stereocenters. The molecule has 0 aliphatic carbocycles. The van der Waals surface area contributed by atoms with Crippen molar-refractivity contribution in [2.24, 2.45) is 0 Å². The maximum Gasteiger partial charge on any atom is 0.277 e. The van der Waals surface area contributed by atoms with E-state index < -0.39 is 11.8 Å². The highest BCUT2D eigenvalue weighted by atomic mass is 16.2. The van der Waals surface area contributed by atoms with Crippen LogP contribution in [0.4, 0.5) is 17.1 Å². The number of nitrogen functional groups attached to an aromatic ring is 1. The second kappa shape index (κ2) is 8.40. The van der Waals surface area contributed by atoms with Crippen LogP contribution in [-0.2, 0) is 15.0 Å². The van der Waals surface area contributed by atoms with Crippen LogP contribution in [0.3, 0.4) is 0 Å². The first kappa shape index (κ1) is 20.7. The highest BCUT2D eigenvalue weighted by molar-refractivity contribution is 6.21. The topological polar surface area (TPSA) is 99.2 Å². The number of amides is 2. The van der Waals surface area contributed by atoms with Crippen molar-refractivity contribution in [3.63, 3.8) is 0 Å². The number of hydrogen-bond donors (Lipinski definition) is 2. The summed E-state index contributed by atoms with van der Waals surface area (Å²) in [6, 6.07) is 15.9. The Morgan fingerprint density at radius 2 is 1.64 bits per heavy atom. The van der Waals surface area contributed by atoms with Crippen LogP contribution in [0.2, 0.25) is 0 Å². The molecule has 2 amide bonds. The minimum atomic E-state index is -0.710. The zero-order chi connectivity index (χ0) is 20.9. The van der Waals surface area contributed by atoms with E-state index in [-0.39, 0.29) is 11.0 Å². The van der Waals surface area contributed by atoms with Gasteiger partial charge in [-0.2, -0.15) is 5.26 Å². The van der Waals surface area contributed by atoms with Gasteiger partial charge in [-0.3, -0.25) is 9.59 Å². The number of nitrogens with two attached hydrogens (primary N) is 1. The SMILES string of the molecule is CC(=O)N(C(=O)/C(C#N)=C\Nc1ccc(C(C)(C)C)cc1)c1ccc(N)cc1. The number of nitrogens with zero attached hydrogens (tertiary/aromatic N) is 2. The van der Waals surface area contributed by atoms with Crippen LogP contribution < -0.4 is 16.0 Å². The molecule has 0 saturated heterocycles. The predicted octanol–water partition coefficient (Wildman–Crippen LogP) is 3.97. The Morgan fingerprint density at radius 3 is 2.11 bits per heavy atom. The summed E-state index contributed by atoms with van der Waals surface area (Å²) in [5.41, 5.74) is 8.26. The molecule has 0 fully saturated rings. The molecular formula is C22H24N4O2. The summed E-state index contributed by atoms with van der Waals surface area (Å²) >= 11 is 0. The first-order valence-corrected chi connectivity index (χ1v) is 8.81. The molecule has 0 saturated carbocycles. The summed E-state index contributed by atoms with van der Waals surface area (Å²) in [5, 5.41) is 12.4. The van der Waals surface area contributed by atoms with Gasteiger partial charge < -0.3 is 11.1 Å². The monoisotopic (exact) mass is 376 g/mol. The summed E-state index contributed by atoms with van der Waals surface area (Å²) in [6.45, 7) is 7.63. The van der Waals surface area contributed by atoms with Gasteiger partial charge in [0.05, 0.1) is 5.69 Å². The second-order valence-corrected chi connectivity index (χ2v) is 7.39.